The highest BCUT2D eigenvalue weighted by atomic mass is 16.2. The lowest BCUT2D eigenvalue weighted by Crippen LogP contribution is -2.29. The molecule has 0 saturated heterocycles. The van der Waals surface area contributed by atoms with Crippen LogP contribution in [0.15, 0.2) is 36.7 Å². The van der Waals surface area contributed by atoms with Gasteiger partial charge in [0.15, 0.2) is 0 Å². The van der Waals surface area contributed by atoms with E-state index in [0.29, 0.717) is 5.92 Å². The Balaban J connectivity index is 1.69. The second-order valence-corrected chi connectivity index (χ2v) is 6.96. The molecule has 0 bridgehead atoms. The van der Waals surface area contributed by atoms with E-state index in [2.05, 4.69) is 58.9 Å². The average Bonchev–Trinajstić information content (AvgIpc) is 3.08. The maximum absolute atomic E-state index is 12.1. The Morgan fingerprint density at radius 1 is 1.31 bits per heavy atom. The van der Waals surface area contributed by atoms with E-state index < -0.39 is 0 Å². The fourth-order valence-electron chi connectivity index (χ4n) is 3.50. The molecule has 5 heteroatoms. The molecule has 2 aromatic rings. The third-order valence-corrected chi connectivity index (χ3v) is 5.10. The lowest BCUT2D eigenvalue weighted by atomic mass is 9.93. The summed E-state index contributed by atoms with van der Waals surface area (Å²) in [6, 6.07) is 5.93. The van der Waals surface area contributed by atoms with Crippen molar-refractivity contribution >= 4 is 22.6 Å². The van der Waals surface area contributed by atoms with Crippen LogP contribution in [0.5, 0.6) is 0 Å². The van der Waals surface area contributed by atoms with Gasteiger partial charge in [0.25, 0.3) is 0 Å². The quantitative estimate of drug-likeness (QED) is 0.625. The maximum Gasteiger partial charge on any atom is 0.319 e. The number of fused-ring (bicyclic) bond motifs is 1. The predicted octanol–water partition coefficient (Wildman–Crippen LogP) is 4.80. The summed E-state index contributed by atoms with van der Waals surface area (Å²) < 4.78 is 0. The van der Waals surface area contributed by atoms with Crippen LogP contribution in [0.2, 0.25) is 0 Å². The van der Waals surface area contributed by atoms with Crippen LogP contribution in [-0.2, 0) is 0 Å². The molecule has 2 amide bonds. The molecule has 5 nitrogen and oxygen atoms in total. The highest BCUT2D eigenvalue weighted by molar-refractivity contribution is 5.94. The van der Waals surface area contributed by atoms with Crippen molar-refractivity contribution in [3.05, 3.63) is 42.2 Å². The van der Waals surface area contributed by atoms with Crippen LogP contribution in [0.3, 0.4) is 0 Å². The van der Waals surface area contributed by atoms with Crippen molar-refractivity contribution in [1.29, 1.82) is 0 Å². The largest absolute Gasteiger partial charge is 0.378 e. The number of H-pyrrole nitrogens is 1. The molecule has 1 aliphatic heterocycles. The maximum atomic E-state index is 12.1. The van der Waals surface area contributed by atoms with Crippen molar-refractivity contribution in [3.8, 4) is 0 Å². The third kappa shape index (κ3) is 4.40. The van der Waals surface area contributed by atoms with Gasteiger partial charge in [0, 0.05) is 48.3 Å². The molecular formula is C21H30N4O. The Hall–Kier alpha value is -2.43. The summed E-state index contributed by atoms with van der Waals surface area (Å²) in [4.78, 5) is 17.8. The van der Waals surface area contributed by atoms with Gasteiger partial charge in [-0.25, -0.2) is 4.79 Å². The van der Waals surface area contributed by atoms with Gasteiger partial charge in [0.1, 0.15) is 0 Å². The van der Waals surface area contributed by atoms with Crippen molar-refractivity contribution in [2.75, 3.05) is 25.0 Å². The average molecular weight is 354 g/mol. The first-order valence-corrected chi connectivity index (χ1v) is 9.79. The Morgan fingerprint density at radius 2 is 2.19 bits per heavy atom. The molecule has 1 aliphatic rings. The SMILES string of the molecule is CCCCCNC(=O)Nc1ccc2[nH]cc(C3C=CN(CC)CC3)c2c1. The highest BCUT2D eigenvalue weighted by Gasteiger charge is 2.18. The van der Waals surface area contributed by atoms with Crippen LogP contribution in [0, 0.1) is 0 Å². The third-order valence-electron chi connectivity index (χ3n) is 5.10. The fraction of sp³-hybridized carbons (Fsp3) is 0.476. The number of hydrogen-bond donors (Lipinski definition) is 3. The van der Waals surface area contributed by atoms with Crippen molar-refractivity contribution in [2.45, 2.75) is 45.4 Å². The zero-order chi connectivity index (χ0) is 18.4. The molecule has 0 aliphatic carbocycles. The number of nitrogens with zero attached hydrogens (tertiary/aromatic N) is 1. The number of rotatable bonds is 7. The van der Waals surface area contributed by atoms with Gasteiger partial charge < -0.3 is 20.5 Å². The fourth-order valence-corrected chi connectivity index (χ4v) is 3.50. The number of benzene rings is 1. The summed E-state index contributed by atoms with van der Waals surface area (Å²) in [5, 5.41) is 7.07. The van der Waals surface area contributed by atoms with E-state index in [4.69, 9.17) is 0 Å². The summed E-state index contributed by atoms with van der Waals surface area (Å²) in [7, 11) is 0. The Kier molecular flexibility index (Phi) is 6.21. The normalized spacial score (nSPS) is 16.8. The van der Waals surface area contributed by atoms with Gasteiger partial charge in [-0.1, -0.05) is 25.8 Å². The molecule has 1 unspecified atom stereocenters. The minimum absolute atomic E-state index is 0.131. The van der Waals surface area contributed by atoms with E-state index in [0.717, 1.165) is 56.5 Å². The lowest BCUT2D eigenvalue weighted by molar-refractivity contribution is 0.252. The molecule has 1 aromatic heterocycles. The van der Waals surface area contributed by atoms with Crippen molar-refractivity contribution in [1.82, 2.24) is 15.2 Å². The number of aromatic nitrogens is 1. The molecule has 1 atom stereocenters. The van der Waals surface area contributed by atoms with Crippen molar-refractivity contribution in [3.63, 3.8) is 0 Å². The summed E-state index contributed by atoms with van der Waals surface area (Å²) in [5.41, 5.74) is 3.25. The van der Waals surface area contributed by atoms with E-state index in [9.17, 15) is 4.79 Å². The molecule has 0 saturated carbocycles. The molecular weight excluding hydrogens is 324 g/mol. The smallest absolute Gasteiger partial charge is 0.319 e. The number of nitrogens with one attached hydrogen (secondary N) is 3. The number of urea groups is 1. The first kappa shape index (κ1) is 18.4. The first-order valence-electron chi connectivity index (χ1n) is 9.79. The molecule has 0 radical (unpaired) electrons. The van der Waals surface area contributed by atoms with Crippen LogP contribution in [0.4, 0.5) is 10.5 Å². The van der Waals surface area contributed by atoms with Gasteiger partial charge in [0.2, 0.25) is 0 Å². The molecule has 1 aromatic carbocycles. The second-order valence-electron chi connectivity index (χ2n) is 6.96. The number of anilines is 1. The molecule has 3 rings (SSSR count). The summed E-state index contributed by atoms with van der Waals surface area (Å²) in [6.45, 7) is 7.20. The number of carbonyl (C=O) groups excluding carboxylic acids is 1. The lowest BCUT2D eigenvalue weighted by Gasteiger charge is -2.26. The summed E-state index contributed by atoms with van der Waals surface area (Å²) in [5.74, 6) is 0.421. The van der Waals surface area contributed by atoms with Gasteiger partial charge in [-0.2, -0.15) is 0 Å². The predicted molar refractivity (Wildman–Crippen MR) is 109 cm³/mol. The van der Waals surface area contributed by atoms with Crippen LogP contribution >= 0.6 is 0 Å². The van der Waals surface area contributed by atoms with Gasteiger partial charge in [-0.15, -0.1) is 0 Å². The van der Waals surface area contributed by atoms with E-state index in [-0.39, 0.29) is 6.03 Å². The van der Waals surface area contributed by atoms with Crippen molar-refractivity contribution in [2.24, 2.45) is 0 Å². The zero-order valence-electron chi connectivity index (χ0n) is 15.8. The van der Waals surface area contributed by atoms with Crippen LogP contribution in [0.25, 0.3) is 10.9 Å². The molecule has 26 heavy (non-hydrogen) atoms. The van der Waals surface area contributed by atoms with Gasteiger partial charge >= 0.3 is 6.03 Å². The van der Waals surface area contributed by atoms with Crippen LogP contribution in [-0.4, -0.2) is 35.5 Å². The summed E-state index contributed by atoms with van der Waals surface area (Å²) >= 11 is 0. The van der Waals surface area contributed by atoms with E-state index in [1.165, 1.54) is 10.9 Å². The zero-order valence-corrected chi connectivity index (χ0v) is 15.8. The Morgan fingerprint density at radius 3 is 2.92 bits per heavy atom. The number of unbranched alkanes of at least 4 members (excludes halogenated alkanes) is 2. The highest BCUT2D eigenvalue weighted by Crippen LogP contribution is 2.32. The van der Waals surface area contributed by atoms with Crippen LogP contribution < -0.4 is 10.6 Å². The molecule has 0 fully saturated rings. The molecule has 0 spiro atoms. The Labute approximate surface area is 155 Å². The van der Waals surface area contributed by atoms with E-state index in [1.807, 2.05) is 12.1 Å². The number of aromatic amines is 1. The number of hydrogen-bond acceptors (Lipinski definition) is 2. The Bertz CT molecular complexity index is 764. The van der Waals surface area contributed by atoms with E-state index >= 15 is 0 Å². The van der Waals surface area contributed by atoms with Gasteiger partial charge in [0.05, 0.1) is 0 Å². The monoisotopic (exact) mass is 354 g/mol. The number of allylic oxidation sites excluding steroid dienone is 1. The first-order chi connectivity index (χ1) is 12.7. The molecule has 140 valence electrons. The number of carbonyl (C=O) groups is 1. The minimum atomic E-state index is -0.131. The topological polar surface area (TPSA) is 60.2 Å². The molecule has 2 heterocycles. The number of amides is 2. The summed E-state index contributed by atoms with van der Waals surface area (Å²) in [6.07, 6.45) is 11.0. The standard InChI is InChI=1S/C21H30N4O/c1-3-5-6-11-22-21(26)24-17-7-8-20-18(14-17)19(15-23-20)16-9-12-25(4-2)13-10-16/h7-9,12,14-16,23H,3-6,10-11,13H2,1-2H3,(H2,22,24,26). The minimum Gasteiger partial charge on any atom is -0.378 e. The second kappa shape index (κ2) is 8.79. The van der Waals surface area contributed by atoms with Gasteiger partial charge in [-0.3, -0.25) is 0 Å². The molecule has 3 N–H and O–H groups in total. The van der Waals surface area contributed by atoms with Crippen LogP contribution in [0.1, 0.15) is 51.0 Å². The van der Waals surface area contributed by atoms with Crippen molar-refractivity contribution < 1.29 is 4.79 Å². The van der Waals surface area contributed by atoms with Gasteiger partial charge in [-0.05, 0) is 49.7 Å². The van der Waals surface area contributed by atoms with E-state index in [1.54, 1.807) is 0 Å².